The zero-order valence-corrected chi connectivity index (χ0v) is 21.4. The summed E-state index contributed by atoms with van der Waals surface area (Å²) >= 11 is 6.39. The second-order valence-corrected chi connectivity index (χ2v) is 10.2. The van der Waals surface area contributed by atoms with Gasteiger partial charge in [0.1, 0.15) is 0 Å². The van der Waals surface area contributed by atoms with E-state index in [1.165, 1.54) is 0 Å². The highest BCUT2D eigenvalue weighted by molar-refractivity contribution is 6.36. The van der Waals surface area contributed by atoms with Crippen LogP contribution in [0.5, 0.6) is 0 Å². The number of halogens is 4. The summed E-state index contributed by atoms with van der Waals surface area (Å²) in [6.45, 7) is 1.87. The van der Waals surface area contributed by atoms with Gasteiger partial charge in [0.25, 0.3) is 5.91 Å². The third-order valence-corrected chi connectivity index (χ3v) is 7.23. The molecule has 3 atom stereocenters. The van der Waals surface area contributed by atoms with Crippen LogP contribution in [0.4, 0.5) is 18.9 Å². The molecule has 3 amide bonds. The third-order valence-electron chi connectivity index (χ3n) is 6.91. The summed E-state index contributed by atoms with van der Waals surface area (Å²) in [6, 6.07) is 12.4. The second kappa shape index (κ2) is 11.1. The molecule has 0 radical (unpaired) electrons. The van der Waals surface area contributed by atoms with Crippen LogP contribution in [-0.2, 0) is 14.4 Å². The number of primary amides is 1. The lowest BCUT2D eigenvalue weighted by molar-refractivity contribution is -0.146. The van der Waals surface area contributed by atoms with Crippen LogP contribution in [0.3, 0.4) is 0 Å². The Bertz CT molecular complexity index is 1280. The normalized spacial score (nSPS) is 18.9. The summed E-state index contributed by atoms with van der Waals surface area (Å²) in [7, 11) is 0. The largest absolute Gasteiger partial charge is 0.389 e. The Morgan fingerprint density at radius 1 is 1.13 bits per heavy atom. The molecule has 1 heterocycles. The number of nitrogens with two attached hydrogens (primary N) is 1. The molecule has 38 heavy (non-hydrogen) atoms. The van der Waals surface area contributed by atoms with E-state index in [4.69, 9.17) is 17.3 Å². The molecule has 0 saturated heterocycles. The van der Waals surface area contributed by atoms with E-state index in [2.05, 4.69) is 15.6 Å². The fourth-order valence-corrected chi connectivity index (χ4v) is 4.94. The van der Waals surface area contributed by atoms with Gasteiger partial charge in [0.15, 0.2) is 0 Å². The van der Waals surface area contributed by atoms with E-state index < -0.39 is 54.7 Å². The van der Waals surface area contributed by atoms with Gasteiger partial charge in [-0.25, -0.2) is 4.99 Å². The lowest BCUT2D eigenvalue weighted by Gasteiger charge is -2.26. The predicted molar refractivity (Wildman–Crippen MR) is 138 cm³/mol. The van der Waals surface area contributed by atoms with Crippen molar-refractivity contribution in [3.05, 3.63) is 64.2 Å². The molecule has 4 rings (SSSR count). The van der Waals surface area contributed by atoms with E-state index in [9.17, 15) is 27.6 Å². The van der Waals surface area contributed by atoms with Gasteiger partial charge in [0, 0.05) is 29.4 Å². The number of hydrogen-bond acceptors (Lipinski definition) is 4. The molecule has 2 aliphatic rings. The fourth-order valence-electron chi connectivity index (χ4n) is 4.72. The number of aliphatic imine (C=N–C) groups is 1. The molecule has 1 saturated carbocycles. The van der Waals surface area contributed by atoms with E-state index in [0.717, 1.165) is 18.4 Å². The van der Waals surface area contributed by atoms with Gasteiger partial charge in [0.2, 0.25) is 18.0 Å². The minimum atomic E-state index is -4.51. The smallest absolute Gasteiger partial charge is 0.369 e. The number of aryl methyl sites for hydroxylation is 1. The first-order valence-electron chi connectivity index (χ1n) is 12.3. The zero-order chi connectivity index (χ0) is 27.6. The van der Waals surface area contributed by atoms with Crippen molar-refractivity contribution in [1.29, 1.82) is 0 Å². The maximum Gasteiger partial charge on any atom is 0.389 e. The number of para-hydroxylation sites is 1. The number of amides is 3. The highest BCUT2D eigenvalue weighted by Crippen LogP contribution is 2.39. The average Bonchev–Trinajstić information content (AvgIpc) is 3.67. The highest BCUT2D eigenvalue weighted by atomic mass is 35.5. The Balaban J connectivity index is 1.69. The molecule has 202 valence electrons. The topological polar surface area (TPSA) is 114 Å². The van der Waals surface area contributed by atoms with Crippen molar-refractivity contribution in [2.45, 2.75) is 51.4 Å². The standard InChI is InChI=1S/C27H28ClF3N4O3/c1-14-5-2-3-6-16(14)21-18-7-4-8-20(28)22(18)34-26(38)24(33-21)35-25(37)19(13-15-9-10-15)17(23(32)36)11-12-27(29,30)31/h2-8,15,17,19,24H,9-13H2,1H3,(H2,32,36)(H,34,38)(H,35,37)/t17-,19+,24-/m1/s1. The van der Waals surface area contributed by atoms with Gasteiger partial charge in [0.05, 0.1) is 16.4 Å². The minimum absolute atomic E-state index is 0.107. The van der Waals surface area contributed by atoms with Crippen molar-refractivity contribution in [2.24, 2.45) is 28.5 Å². The first-order chi connectivity index (χ1) is 17.9. The number of nitrogens with one attached hydrogen (secondary N) is 2. The van der Waals surface area contributed by atoms with Crippen molar-refractivity contribution < 1.29 is 27.6 Å². The van der Waals surface area contributed by atoms with Crippen molar-refractivity contribution in [3.63, 3.8) is 0 Å². The number of rotatable bonds is 9. The maximum atomic E-state index is 13.5. The summed E-state index contributed by atoms with van der Waals surface area (Å²) in [4.78, 5) is 43.5. The van der Waals surface area contributed by atoms with Gasteiger partial charge >= 0.3 is 6.18 Å². The molecular formula is C27H28ClF3N4O3. The van der Waals surface area contributed by atoms with Gasteiger partial charge in [-0.3, -0.25) is 14.4 Å². The fraction of sp³-hybridized carbons (Fsp3) is 0.407. The van der Waals surface area contributed by atoms with Crippen LogP contribution in [0.25, 0.3) is 0 Å². The Morgan fingerprint density at radius 2 is 1.82 bits per heavy atom. The third kappa shape index (κ3) is 6.53. The van der Waals surface area contributed by atoms with E-state index in [0.29, 0.717) is 22.5 Å². The molecule has 0 spiro atoms. The molecule has 1 fully saturated rings. The lowest BCUT2D eigenvalue weighted by atomic mass is 9.83. The number of hydrogen-bond donors (Lipinski definition) is 3. The summed E-state index contributed by atoms with van der Waals surface area (Å²) in [5.41, 5.74) is 8.33. The molecule has 0 bridgehead atoms. The molecule has 0 unspecified atom stereocenters. The molecular weight excluding hydrogens is 521 g/mol. The van der Waals surface area contributed by atoms with Crippen molar-refractivity contribution in [1.82, 2.24) is 5.32 Å². The van der Waals surface area contributed by atoms with E-state index in [1.807, 2.05) is 31.2 Å². The number of carbonyl (C=O) groups is 3. The molecule has 7 nitrogen and oxygen atoms in total. The molecule has 1 aliphatic carbocycles. The van der Waals surface area contributed by atoms with Crippen LogP contribution in [0.15, 0.2) is 47.5 Å². The van der Waals surface area contributed by atoms with Crippen molar-refractivity contribution >= 4 is 40.7 Å². The molecule has 4 N–H and O–H groups in total. The quantitative estimate of drug-likeness (QED) is 0.420. The SMILES string of the molecule is Cc1ccccc1C1=N[C@H](NC(=O)[C@@H](CC2CC2)[C@@H](CCC(F)(F)F)C(N)=O)C(=O)Nc2c(Cl)cccc21. The average molecular weight is 549 g/mol. The van der Waals surface area contributed by atoms with Crippen LogP contribution in [0.2, 0.25) is 5.02 Å². The van der Waals surface area contributed by atoms with Crippen molar-refractivity contribution in [2.75, 3.05) is 5.32 Å². The second-order valence-electron chi connectivity index (χ2n) is 9.80. The van der Waals surface area contributed by atoms with Gasteiger partial charge in [-0.05, 0) is 37.3 Å². The summed E-state index contributed by atoms with van der Waals surface area (Å²) in [5.74, 6) is -4.75. The zero-order valence-electron chi connectivity index (χ0n) is 20.6. The molecule has 0 aromatic heterocycles. The Hall–Kier alpha value is -3.40. The number of benzene rings is 2. The van der Waals surface area contributed by atoms with Gasteiger partial charge in [-0.15, -0.1) is 0 Å². The number of anilines is 1. The first kappa shape index (κ1) is 27.6. The summed E-state index contributed by atoms with van der Waals surface area (Å²) in [5, 5.41) is 5.57. The van der Waals surface area contributed by atoms with E-state index >= 15 is 0 Å². The molecule has 2 aromatic carbocycles. The van der Waals surface area contributed by atoms with Crippen LogP contribution >= 0.6 is 11.6 Å². The molecule has 2 aromatic rings. The van der Waals surface area contributed by atoms with Crippen LogP contribution < -0.4 is 16.4 Å². The number of carbonyl (C=O) groups excluding carboxylic acids is 3. The summed E-state index contributed by atoms with van der Waals surface area (Å²) in [6.07, 6.45) is -5.97. The maximum absolute atomic E-state index is 13.5. The van der Waals surface area contributed by atoms with Gasteiger partial charge < -0.3 is 16.4 Å². The van der Waals surface area contributed by atoms with Crippen LogP contribution in [-0.4, -0.2) is 35.8 Å². The highest BCUT2D eigenvalue weighted by Gasteiger charge is 2.41. The first-order valence-corrected chi connectivity index (χ1v) is 12.7. The van der Waals surface area contributed by atoms with Gasteiger partial charge in [-0.1, -0.05) is 60.8 Å². The Kier molecular flexibility index (Phi) is 8.10. The van der Waals surface area contributed by atoms with Crippen molar-refractivity contribution in [3.8, 4) is 0 Å². The van der Waals surface area contributed by atoms with E-state index in [1.54, 1.807) is 18.2 Å². The van der Waals surface area contributed by atoms with Gasteiger partial charge in [-0.2, -0.15) is 13.2 Å². The molecule has 11 heteroatoms. The lowest BCUT2D eigenvalue weighted by Crippen LogP contribution is -2.48. The number of nitrogens with zero attached hydrogens (tertiary/aromatic N) is 1. The minimum Gasteiger partial charge on any atom is -0.369 e. The number of benzodiazepines with no additional fused rings is 1. The van der Waals surface area contributed by atoms with Crippen LogP contribution in [0.1, 0.15) is 48.8 Å². The van der Waals surface area contributed by atoms with Crippen LogP contribution in [0, 0.1) is 24.7 Å². The predicted octanol–water partition coefficient (Wildman–Crippen LogP) is 4.74. The molecule has 1 aliphatic heterocycles. The van der Waals surface area contributed by atoms with E-state index in [-0.39, 0.29) is 17.4 Å². The monoisotopic (exact) mass is 548 g/mol. The number of alkyl halides is 3. The Morgan fingerprint density at radius 3 is 2.45 bits per heavy atom. The Labute approximate surface area is 223 Å². The number of fused-ring (bicyclic) bond motifs is 1. The summed E-state index contributed by atoms with van der Waals surface area (Å²) < 4.78 is 38.9.